The van der Waals surface area contributed by atoms with Crippen molar-refractivity contribution >= 4 is 11.8 Å². The quantitative estimate of drug-likeness (QED) is 0.771. The number of piperazine rings is 1. The lowest BCUT2D eigenvalue weighted by Gasteiger charge is -2.38. The SMILES string of the molecule is CCOc1ccccc1C(=O)N1CCN(C(=O)C2CN(CC)CCO2)CC1. The number of hydrogen-bond acceptors (Lipinski definition) is 5. The zero-order valence-corrected chi connectivity index (χ0v) is 16.2. The van der Waals surface area contributed by atoms with Crippen LogP contribution in [0.1, 0.15) is 24.2 Å². The number of ether oxygens (including phenoxy) is 2. The highest BCUT2D eigenvalue weighted by Gasteiger charge is 2.32. The van der Waals surface area contributed by atoms with Gasteiger partial charge in [-0.2, -0.15) is 0 Å². The fourth-order valence-electron chi connectivity index (χ4n) is 3.57. The van der Waals surface area contributed by atoms with Gasteiger partial charge >= 0.3 is 0 Å². The Morgan fingerprint density at radius 1 is 1.07 bits per heavy atom. The molecule has 0 N–H and O–H groups in total. The van der Waals surface area contributed by atoms with Crippen LogP contribution in [0.25, 0.3) is 0 Å². The van der Waals surface area contributed by atoms with Crippen molar-refractivity contribution in [3.8, 4) is 5.75 Å². The van der Waals surface area contributed by atoms with E-state index in [2.05, 4.69) is 11.8 Å². The minimum Gasteiger partial charge on any atom is -0.493 e. The predicted octanol–water partition coefficient (Wildman–Crippen LogP) is 1.09. The van der Waals surface area contributed by atoms with Gasteiger partial charge in [0.05, 0.1) is 18.8 Å². The number of morpholine rings is 1. The topological polar surface area (TPSA) is 62.3 Å². The summed E-state index contributed by atoms with van der Waals surface area (Å²) in [5, 5.41) is 0. The van der Waals surface area contributed by atoms with Crippen molar-refractivity contribution in [2.24, 2.45) is 0 Å². The van der Waals surface area contributed by atoms with Crippen LogP contribution < -0.4 is 4.74 Å². The van der Waals surface area contributed by atoms with Crippen molar-refractivity contribution in [1.82, 2.24) is 14.7 Å². The van der Waals surface area contributed by atoms with Crippen LogP contribution in [0.4, 0.5) is 0 Å². The molecular formula is C20H29N3O4. The number of nitrogens with zero attached hydrogens (tertiary/aromatic N) is 3. The summed E-state index contributed by atoms with van der Waals surface area (Å²) in [4.78, 5) is 31.5. The van der Waals surface area contributed by atoms with E-state index in [4.69, 9.17) is 9.47 Å². The Bertz CT molecular complexity index is 658. The highest BCUT2D eigenvalue weighted by Crippen LogP contribution is 2.21. The second-order valence-electron chi connectivity index (χ2n) is 6.80. The fraction of sp³-hybridized carbons (Fsp3) is 0.600. The van der Waals surface area contributed by atoms with E-state index in [0.717, 1.165) is 13.1 Å². The fourth-order valence-corrected chi connectivity index (χ4v) is 3.57. The Hall–Kier alpha value is -2.12. The van der Waals surface area contributed by atoms with Gasteiger partial charge in [-0.1, -0.05) is 19.1 Å². The second-order valence-corrected chi connectivity index (χ2v) is 6.80. The Kier molecular flexibility index (Phi) is 6.68. The highest BCUT2D eigenvalue weighted by molar-refractivity contribution is 5.97. The molecule has 2 amide bonds. The highest BCUT2D eigenvalue weighted by atomic mass is 16.5. The molecule has 27 heavy (non-hydrogen) atoms. The lowest BCUT2D eigenvalue weighted by atomic mass is 10.1. The molecule has 1 atom stereocenters. The Morgan fingerprint density at radius 2 is 1.78 bits per heavy atom. The van der Waals surface area contributed by atoms with E-state index in [0.29, 0.717) is 57.3 Å². The number of carbonyl (C=O) groups excluding carboxylic acids is 2. The Labute approximate surface area is 160 Å². The molecule has 2 aliphatic rings. The maximum absolute atomic E-state index is 12.9. The Balaban J connectivity index is 1.57. The van der Waals surface area contributed by atoms with E-state index in [1.54, 1.807) is 11.0 Å². The van der Waals surface area contributed by atoms with E-state index < -0.39 is 0 Å². The molecule has 7 heteroatoms. The van der Waals surface area contributed by atoms with Gasteiger partial charge in [-0.3, -0.25) is 14.5 Å². The number of hydrogen-bond donors (Lipinski definition) is 0. The van der Waals surface area contributed by atoms with E-state index in [-0.39, 0.29) is 17.9 Å². The summed E-state index contributed by atoms with van der Waals surface area (Å²) in [5.74, 6) is 0.603. The molecule has 7 nitrogen and oxygen atoms in total. The molecule has 0 bridgehead atoms. The summed E-state index contributed by atoms with van der Waals surface area (Å²) in [5.41, 5.74) is 0.577. The average molecular weight is 375 g/mol. The van der Waals surface area contributed by atoms with Gasteiger partial charge in [0.1, 0.15) is 11.9 Å². The standard InChI is InChI=1S/C20H29N3O4/c1-3-21-13-14-27-18(15-21)20(25)23-11-9-22(10-12-23)19(24)16-7-5-6-8-17(16)26-4-2/h5-8,18H,3-4,9-15H2,1-2H3. The van der Waals surface area contributed by atoms with E-state index in [1.807, 2.05) is 30.0 Å². The average Bonchev–Trinajstić information content (AvgIpc) is 2.73. The van der Waals surface area contributed by atoms with E-state index in [9.17, 15) is 9.59 Å². The van der Waals surface area contributed by atoms with Crippen molar-refractivity contribution in [1.29, 1.82) is 0 Å². The molecule has 2 aliphatic heterocycles. The molecule has 148 valence electrons. The van der Waals surface area contributed by atoms with Crippen molar-refractivity contribution < 1.29 is 19.1 Å². The van der Waals surface area contributed by atoms with Crippen molar-refractivity contribution in [2.75, 3.05) is 59.0 Å². The van der Waals surface area contributed by atoms with Crippen LogP contribution in [-0.2, 0) is 9.53 Å². The first kappa shape index (κ1) is 19.6. The van der Waals surface area contributed by atoms with Gasteiger partial charge in [-0.15, -0.1) is 0 Å². The lowest BCUT2D eigenvalue weighted by molar-refractivity contribution is -0.150. The van der Waals surface area contributed by atoms with Crippen LogP contribution in [0.5, 0.6) is 5.75 Å². The largest absolute Gasteiger partial charge is 0.493 e. The molecule has 1 aromatic carbocycles. The van der Waals surface area contributed by atoms with E-state index >= 15 is 0 Å². The van der Waals surface area contributed by atoms with Gasteiger partial charge < -0.3 is 19.3 Å². The van der Waals surface area contributed by atoms with Gasteiger partial charge in [-0.25, -0.2) is 0 Å². The number of para-hydroxylation sites is 1. The minimum atomic E-state index is -0.389. The summed E-state index contributed by atoms with van der Waals surface area (Å²) in [6.45, 7) is 9.67. The van der Waals surface area contributed by atoms with Crippen LogP contribution in [0.15, 0.2) is 24.3 Å². The molecule has 1 aromatic rings. The third kappa shape index (κ3) is 4.59. The number of carbonyl (C=O) groups is 2. The number of benzene rings is 1. The summed E-state index contributed by atoms with van der Waals surface area (Å²) in [7, 11) is 0. The maximum atomic E-state index is 12.9. The van der Waals surface area contributed by atoms with Gasteiger partial charge in [0.2, 0.25) is 0 Å². The summed E-state index contributed by atoms with van der Waals surface area (Å²) >= 11 is 0. The first-order valence-electron chi connectivity index (χ1n) is 9.77. The third-order valence-corrected chi connectivity index (χ3v) is 5.17. The van der Waals surface area contributed by atoms with Gasteiger partial charge in [0, 0.05) is 39.3 Å². The molecule has 0 saturated carbocycles. The van der Waals surface area contributed by atoms with Crippen molar-refractivity contribution in [3.05, 3.63) is 29.8 Å². The molecular weight excluding hydrogens is 346 g/mol. The second kappa shape index (κ2) is 9.19. The predicted molar refractivity (Wildman–Crippen MR) is 102 cm³/mol. The number of rotatable bonds is 5. The van der Waals surface area contributed by atoms with E-state index in [1.165, 1.54) is 0 Å². The molecule has 0 spiro atoms. The van der Waals surface area contributed by atoms with Crippen LogP contribution in [-0.4, -0.2) is 91.6 Å². The lowest BCUT2D eigenvalue weighted by Crippen LogP contribution is -2.56. The number of likely N-dealkylation sites (N-methyl/N-ethyl adjacent to an activating group) is 1. The zero-order valence-electron chi connectivity index (χ0n) is 16.2. The zero-order chi connectivity index (χ0) is 19.2. The van der Waals surface area contributed by atoms with Crippen LogP contribution in [0.2, 0.25) is 0 Å². The summed E-state index contributed by atoms with van der Waals surface area (Å²) in [6, 6.07) is 7.31. The first-order valence-corrected chi connectivity index (χ1v) is 9.77. The first-order chi connectivity index (χ1) is 13.1. The molecule has 0 aromatic heterocycles. The van der Waals surface area contributed by atoms with Gasteiger partial charge in [-0.05, 0) is 25.6 Å². The molecule has 2 heterocycles. The smallest absolute Gasteiger partial charge is 0.257 e. The third-order valence-electron chi connectivity index (χ3n) is 5.17. The van der Waals surface area contributed by atoms with Crippen molar-refractivity contribution in [3.63, 3.8) is 0 Å². The molecule has 0 radical (unpaired) electrons. The van der Waals surface area contributed by atoms with Gasteiger partial charge in [0.25, 0.3) is 11.8 Å². The van der Waals surface area contributed by atoms with Crippen LogP contribution in [0, 0.1) is 0 Å². The molecule has 2 fully saturated rings. The van der Waals surface area contributed by atoms with Crippen LogP contribution in [0.3, 0.4) is 0 Å². The summed E-state index contributed by atoms with van der Waals surface area (Å²) < 4.78 is 11.3. The Morgan fingerprint density at radius 3 is 2.48 bits per heavy atom. The summed E-state index contributed by atoms with van der Waals surface area (Å²) in [6.07, 6.45) is -0.389. The minimum absolute atomic E-state index is 0.0370. The molecule has 2 saturated heterocycles. The molecule has 0 aliphatic carbocycles. The maximum Gasteiger partial charge on any atom is 0.257 e. The number of amides is 2. The van der Waals surface area contributed by atoms with Crippen LogP contribution >= 0.6 is 0 Å². The normalized spacial score (nSPS) is 21.2. The molecule has 1 unspecified atom stereocenters. The monoisotopic (exact) mass is 375 g/mol. The van der Waals surface area contributed by atoms with Gasteiger partial charge in [0.15, 0.2) is 0 Å². The van der Waals surface area contributed by atoms with Crippen molar-refractivity contribution in [2.45, 2.75) is 20.0 Å². The molecule has 3 rings (SSSR count).